The molecule has 0 unspecified atom stereocenters. The number of nitrogens with zero attached hydrogens (tertiary/aromatic N) is 3. The Morgan fingerprint density at radius 2 is 2.00 bits per heavy atom. The molecule has 1 atom stereocenters. The Bertz CT molecular complexity index is 1180. The average molecular weight is 468 g/mol. The number of hydrogen-bond donors (Lipinski definition) is 2. The minimum atomic E-state index is -0.602. The van der Waals surface area contributed by atoms with Gasteiger partial charge in [-0.3, -0.25) is 19.5 Å². The molecule has 0 fully saturated rings. The van der Waals surface area contributed by atoms with E-state index in [0.717, 1.165) is 27.8 Å². The Morgan fingerprint density at radius 1 is 1.21 bits per heavy atom. The molecule has 3 amide bonds. The molecule has 0 saturated heterocycles. The number of aromatic amines is 1. The second-order valence-electron chi connectivity index (χ2n) is 8.15. The highest BCUT2D eigenvalue weighted by atomic mass is 32.1. The van der Waals surface area contributed by atoms with Crippen LogP contribution in [0.2, 0.25) is 0 Å². The van der Waals surface area contributed by atoms with Gasteiger partial charge in [-0.2, -0.15) is 5.10 Å². The van der Waals surface area contributed by atoms with Gasteiger partial charge in [0.05, 0.1) is 16.6 Å². The summed E-state index contributed by atoms with van der Waals surface area (Å²) in [4.78, 5) is 44.3. The first-order valence-corrected chi connectivity index (χ1v) is 12.2. The lowest BCUT2D eigenvalue weighted by atomic mass is 10.1. The molecule has 3 aromatic rings. The molecule has 2 N–H and O–H groups in total. The van der Waals surface area contributed by atoms with Crippen LogP contribution in [-0.4, -0.2) is 63.4 Å². The molecule has 9 heteroatoms. The first-order valence-electron chi connectivity index (χ1n) is 11.4. The number of aromatic nitrogens is 2. The number of nitrogens with one attached hydrogen (secondary N) is 2. The van der Waals surface area contributed by atoms with Crippen molar-refractivity contribution in [2.75, 3.05) is 19.6 Å². The van der Waals surface area contributed by atoms with E-state index < -0.39 is 6.04 Å². The fraction of sp³-hybridized carbons (Fsp3) is 0.417. The van der Waals surface area contributed by atoms with E-state index in [4.69, 9.17) is 0 Å². The molecule has 1 aliphatic rings. The highest BCUT2D eigenvalue weighted by Gasteiger charge is 2.30. The normalized spacial score (nSPS) is 14.1. The van der Waals surface area contributed by atoms with Gasteiger partial charge in [-0.15, -0.1) is 11.3 Å². The van der Waals surface area contributed by atoms with Crippen molar-refractivity contribution in [3.63, 3.8) is 0 Å². The zero-order chi connectivity index (χ0) is 23.5. The van der Waals surface area contributed by atoms with Crippen LogP contribution in [0.5, 0.6) is 0 Å². The molecule has 1 aromatic carbocycles. The summed E-state index contributed by atoms with van der Waals surface area (Å²) in [6, 6.07) is 6.62. The predicted molar refractivity (Wildman–Crippen MR) is 128 cm³/mol. The van der Waals surface area contributed by atoms with Crippen LogP contribution in [0.15, 0.2) is 30.5 Å². The number of benzene rings is 1. The van der Waals surface area contributed by atoms with E-state index in [-0.39, 0.29) is 17.7 Å². The molecule has 4 rings (SSSR count). The Hall–Kier alpha value is -3.20. The van der Waals surface area contributed by atoms with E-state index in [9.17, 15) is 14.4 Å². The van der Waals surface area contributed by atoms with Crippen LogP contribution in [-0.2, 0) is 17.8 Å². The van der Waals surface area contributed by atoms with Crippen molar-refractivity contribution in [2.45, 2.75) is 46.2 Å². The standard InChI is InChI=1S/C24H29N5O3S/c1-4-18(26-22(30)15-7-8-19-16(11-15)13-25-27-19)23(31)29-10-9-20-17(14-29)12-21(33-20)24(32)28(5-2)6-3/h7-8,11-13,18H,4-6,9-10,14H2,1-3H3,(H,25,27)(H,26,30)/t18-/m1/s1. The smallest absolute Gasteiger partial charge is 0.263 e. The molecule has 0 bridgehead atoms. The number of thiophene rings is 1. The number of carbonyl (C=O) groups excluding carboxylic acids is 3. The maximum atomic E-state index is 13.2. The lowest BCUT2D eigenvalue weighted by Crippen LogP contribution is -2.49. The number of H-pyrrole nitrogens is 1. The van der Waals surface area contributed by atoms with Gasteiger partial charge < -0.3 is 15.1 Å². The lowest BCUT2D eigenvalue weighted by molar-refractivity contribution is -0.134. The Kier molecular flexibility index (Phi) is 6.78. The Morgan fingerprint density at radius 3 is 2.73 bits per heavy atom. The van der Waals surface area contributed by atoms with E-state index in [0.29, 0.717) is 38.2 Å². The third-order valence-electron chi connectivity index (χ3n) is 6.15. The minimum Gasteiger partial charge on any atom is -0.340 e. The van der Waals surface area contributed by atoms with Crippen LogP contribution in [0.3, 0.4) is 0 Å². The largest absolute Gasteiger partial charge is 0.340 e. The summed E-state index contributed by atoms with van der Waals surface area (Å²) in [6.07, 6.45) is 2.88. The van der Waals surface area contributed by atoms with Crippen LogP contribution < -0.4 is 5.32 Å². The van der Waals surface area contributed by atoms with Crippen LogP contribution in [0.4, 0.5) is 0 Å². The van der Waals surface area contributed by atoms with Crippen molar-refractivity contribution >= 4 is 40.0 Å². The first kappa shape index (κ1) is 23.0. The van der Waals surface area contributed by atoms with Crippen molar-refractivity contribution in [1.82, 2.24) is 25.3 Å². The fourth-order valence-corrected chi connectivity index (χ4v) is 5.31. The van der Waals surface area contributed by atoms with Crippen LogP contribution in [0, 0.1) is 0 Å². The molecule has 0 saturated carbocycles. The molecule has 8 nitrogen and oxygen atoms in total. The third-order valence-corrected chi connectivity index (χ3v) is 7.38. The summed E-state index contributed by atoms with van der Waals surface area (Å²) in [5, 5.41) is 10.6. The van der Waals surface area contributed by atoms with Gasteiger partial charge in [0.25, 0.3) is 11.8 Å². The molecule has 2 aromatic heterocycles. The molecule has 3 heterocycles. The van der Waals surface area contributed by atoms with Crippen LogP contribution in [0.25, 0.3) is 10.9 Å². The van der Waals surface area contributed by atoms with Gasteiger partial charge in [-0.25, -0.2) is 0 Å². The Labute approximate surface area is 197 Å². The molecule has 0 radical (unpaired) electrons. The summed E-state index contributed by atoms with van der Waals surface area (Å²) in [7, 11) is 0. The van der Waals surface area contributed by atoms with Crippen molar-refractivity contribution in [2.24, 2.45) is 0 Å². The van der Waals surface area contributed by atoms with Gasteiger partial charge in [-0.1, -0.05) is 6.92 Å². The van der Waals surface area contributed by atoms with Gasteiger partial charge in [0.15, 0.2) is 0 Å². The van der Waals surface area contributed by atoms with Crippen molar-refractivity contribution in [3.8, 4) is 0 Å². The number of carbonyl (C=O) groups is 3. The average Bonchev–Trinajstić information content (AvgIpc) is 3.48. The third kappa shape index (κ3) is 4.64. The van der Waals surface area contributed by atoms with Crippen molar-refractivity contribution in [3.05, 3.63) is 51.3 Å². The molecule has 0 spiro atoms. The highest BCUT2D eigenvalue weighted by molar-refractivity contribution is 7.14. The lowest BCUT2D eigenvalue weighted by Gasteiger charge is -2.30. The summed E-state index contributed by atoms with van der Waals surface area (Å²) in [6.45, 7) is 8.23. The van der Waals surface area contributed by atoms with E-state index in [1.165, 1.54) is 16.2 Å². The summed E-state index contributed by atoms with van der Waals surface area (Å²) >= 11 is 1.53. The van der Waals surface area contributed by atoms with Gasteiger partial charge in [-0.05, 0) is 56.5 Å². The first-order chi connectivity index (χ1) is 15.9. The molecule has 0 aliphatic carbocycles. The fourth-order valence-electron chi connectivity index (χ4n) is 4.18. The van der Waals surface area contributed by atoms with E-state index >= 15 is 0 Å². The number of hydrogen-bond acceptors (Lipinski definition) is 5. The molecular weight excluding hydrogens is 438 g/mol. The van der Waals surface area contributed by atoms with E-state index in [1.807, 2.05) is 31.7 Å². The van der Waals surface area contributed by atoms with Gasteiger partial charge in [0, 0.05) is 42.0 Å². The van der Waals surface area contributed by atoms with Crippen LogP contribution in [0.1, 0.15) is 57.7 Å². The molecule has 174 valence electrons. The second kappa shape index (κ2) is 9.74. The van der Waals surface area contributed by atoms with Crippen molar-refractivity contribution < 1.29 is 14.4 Å². The summed E-state index contributed by atoms with van der Waals surface area (Å²) < 4.78 is 0. The summed E-state index contributed by atoms with van der Waals surface area (Å²) in [5.74, 6) is -0.326. The number of amides is 3. The second-order valence-corrected chi connectivity index (χ2v) is 9.29. The molecular formula is C24H29N5O3S. The monoisotopic (exact) mass is 467 g/mol. The maximum absolute atomic E-state index is 13.2. The minimum absolute atomic E-state index is 0.0468. The van der Waals surface area contributed by atoms with E-state index in [2.05, 4.69) is 15.5 Å². The predicted octanol–water partition coefficient (Wildman–Crippen LogP) is 3.20. The molecule has 1 aliphatic heterocycles. The van der Waals surface area contributed by atoms with Gasteiger partial charge in [0.2, 0.25) is 5.91 Å². The van der Waals surface area contributed by atoms with Crippen molar-refractivity contribution in [1.29, 1.82) is 0 Å². The maximum Gasteiger partial charge on any atom is 0.263 e. The quantitative estimate of drug-likeness (QED) is 0.558. The zero-order valence-electron chi connectivity index (χ0n) is 19.2. The summed E-state index contributed by atoms with van der Waals surface area (Å²) in [5.41, 5.74) is 2.38. The van der Waals surface area contributed by atoms with Crippen LogP contribution >= 0.6 is 11.3 Å². The van der Waals surface area contributed by atoms with E-state index in [1.54, 1.807) is 29.3 Å². The SMILES string of the molecule is CC[C@@H](NC(=O)c1ccc2[nH]ncc2c1)C(=O)N1CCc2sc(C(=O)N(CC)CC)cc2C1. The number of rotatable bonds is 7. The van der Waals surface area contributed by atoms with Gasteiger partial charge >= 0.3 is 0 Å². The zero-order valence-corrected chi connectivity index (χ0v) is 20.0. The highest BCUT2D eigenvalue weighted by Crippen LogP contribution is 2.29. The topological polar surface area (TPSA) is 98.4 Å². The van der Waals surface area contributed by atoms with Gasteiger partial charge in [0.1, 0.15) is 6.04 Å². The molecule has 33 heavy (non-hydrogen) atoms. The number of fused-ring (bicyclic) bond motifs is 2. The Balaban J connectivity index is 1.44.